The second kappa shape index (κ2) is 4.75. The van der Waals surface area contributed by atoms with Crippen molar-refractivity contribution in [2.75, 3.05) is 5.33 Å². The van der Waals surface area contributed by atoms with Crippen molar-refractivity contribution in [2.45, 2.75) is 6.18 Å². The minimum absolute atomic E-state index is 0.367. The third kappa shape index (κ3) is 2.58. The summed E-state index contributed by atoms with van der Waals surface area (Å²) in [5, 5.41) is 17.6. The first-order chi connectivity index (χ1) is 7.82. The number of hydrogen-bond donors (Lipinski definition) is 1. The Bertz CT molecular complexity index is 505. The number of benzene rings is 1. The van der Waals surface area contributed by atoms with Gasteiger partial charge in [0.15, 0.2) is 5.78 Å². The number of alkyl halides is 4. The summed E-state index contributed by atoms with van der Waals surface area (Å²) in [6.45, 7) is 0. The van der Waals surface area contributed by atoms with Crippen LogP contribution in [0, 0.1) is 11.3 Å². The van der Waals surface area contributed by atoms with Gasteiger partial charge in [-0.15, -0.1) is 0 Å². The van der Waals surface area contributed by atoms with Crippen LogP contribution in [0.3, 0.4) is 0 Å². The molecule has 0 spiro atoms. The zero-order valence-corrected chi connectivity index (χ0v) is 9.76. The van der Waals surface area contributed by atoms with Crippen LogP contribution < -0.4 is 0 Å². The molecule has 7 heteroatoms. The van der Waals surface area contributed by atoms with Crippen molar-refractivity contribution in [1.29, 1.82) is 5.26 Å². The highest BCUT2D eigenvalue weighted by Gasteiger charge is 2.37. The molecule has 0 radical (unpaired) electrons. The Morgan fingerprint density at radius 2 is 2.06 bits per heavy atom. The first-order valence-electron chi connectivity index (χ1n) is 4.25. The molecule has 90 valence electrons. The summed E-state index contributed by atoms with van der Waals surface area (Å²) in [4.78, 5) is 11.4. The van der Waals surface area contributed by atoms with Crippen LogP contribution in [0.25, 0.3) is 0 Å². The highest BCUT2D eigenvalue weighted by atomic mass is 79.9. The van der Waals surface area contributed by atoms with Crippen LogP contribution in [0.4, 0.5) is 13.2 Å². The van der Waals surface area contributed by atoms with E-state index in [-0.39, 0.29) is 5.33 Å². The van der Waals surface area contributed by atoms with Crippen molar-refractivity contribution in [2.24, 2.45) is 0 Å². The molecule has 1 aromatic carbocycles. The summed E-state index contributed by atoms with van der Waals surface area (Å²) in [5.74, 6) is -1.56. The number of hydrogen-bond acceptors (Lipinski definition) is 3. The Morgan fingerprint density at radius 3 is 2.47 bits per heavy atom. The van der Waals surface area contributed by atoms with E-state index in [2.05, 4.69) is 15.9 Å². The molecule has 0 saturated heterocycles. The normalized spacial score (nSPS) is 11.0. The van der Waals surface area contributed by atoms with E-state index in [0.717, 1.165) is 6.07 Å². The fourth-order valence-electron chi connectivity index (χ4n) is 1.30. The highest BCUT2D eigenvalue weighted by Crippen LogP contribution is 2.36. The van der Waals surface area contributed by atoms with Gasteiger partial charge in [-0.25, -0.2) is 0 Å². The summed E-state index contributed by atoms with van der Waals surface area (Å²) in [5.41, 5.74) is -2.70. The van der Waals surface area contributed by atoms with Gasteiger partial charge in [-0.3, -0.25) is 4.79 Å². The summed E-state index contributed by atoms with van der Waals surface area (Å²) >= 11 is 2.73. The number of nitriles is 1. The van der Waals surface area contributed by atoms with E-state index in [1.165, 1.54) is 6.07 Å². The highest BCUT2D eigenvalue weighted by molar-refractivity contribution is 9.09. The molecule has 0 heterocycles. The van der Waals surface area contributed by atoms with E-state index >= 15 is 0 Å². The maximum absolute atomic E-state index is 12.6. The van der Waals surface area contributed by atoms with Crippen LogP contribution in [-0.2, 0) is 6.18 Å². The molecule has 0 aliphatic rings. The van der Waals surface area contributed by atoms with E-state index in [1.54, 1.807) is 0 Å². The van der Waals surface area contributed by atoms with E-state index < -0.39 is 34.4 Å². The van der Waals surface area contributed by atoms with Crippen LogP contribution in [-0.4, -0.2) is 16.2 Å². The Hall–Kier alpha value is -1.55. The smallest absolute Gasteiger partial charge is 0.417 e. The molecule has 0 fully saturated rings. The standard InChI is InChI=1S/C10H5BrF3NO2/c11-3-8(17)9-5(4-15)7(16)2-1-6(9)10(12,13)14/h1-2,16H,3H2. The number of ketones is 1. The van der Waals surface area contributed by atoms with Crippen molar-refractivity contribution >= 4 is 21.7 Å². The number of carbonyl (C=O) groups excluding carboxylic acids is 1. The van der Waals surface area contributed by atoms with Crippen molar-refractivity contribution in [3.63, 3.8) is 0 Å². The van der Waals surface area contributed by atoms with Gasteiger partial charge in [0.25, 0.3) is 0 Å². The molecule has 0 unspecified atom stereocenters. The predicted octanol–water partition coefficient (Wildman–Crippen LogP) is 2.86. The maximum atomic E-state index is 12.6. The number of aromatic hydroxyl groups is 1. The zero-order chi connectivity index (χ0) is 13.2. The Balaban J connectivity index is 3.65. The van der Waals surface area contributed by atoms with Gasteiger partial charge in [0.2, 0.25) is 0 Å². The minimum atomic E-state index is -4.76. The summed E-state index contributed by atoms with van der Waals surface area (Å²) < 4.78 is 37.9. The van der Waals surface area contributed by atoms with Crippen molar-refractivity contribution in [3.05, 3.63) is 28.8 Å². The van der Waals surface area contributed by atoms with E-state index in [1.807, 2.05) is 0 Å². The molecule has 1 N–H and O–H groups in total. The van der Waals surface area contributed by atoms with E-state index in [0.29, 0.717) is 6.07 Å². The van der Waals surface area contributed by atoms with Gasteiger partial charge < -0.3 is 5.11 Å². The first-order valence-corrected chi connectivity index (χ1v) is 5.37. The molecule has 0 atom stereocenters. The van der Waals surface area contributed by atoms with E-state index in [4.69, 9.17) is 5.26 Å². The molecule has 3 nitrogen and oxygen atoms in total. The first kappa shape index (κ1) is 13.5. The average molecular weight is 308 g/mol. The van der Waals surface area contributed by atoms with Crippen LogP contribution in [0.2, 0.25) is 0 Å². The largest absolute Gasteiger partial charge is 0.507 e. The SMILES string of the molecule is N#Cc1c(O)ccc(C(F)(F)F)c1C(=O)CBr. The molecule has 0 aliphatic heterocycles. The fourth-order valence-corrected chi connectivity index (χ4v) is 1.58. The number of phenolic OH excluding ortho intramolecular Hbond substituents is 1. The van der Waals surface area contributed by atoms with Crippen molar-refractivity contribution in [1.82, 2.24) is 0 Å². The van der Waals surface area contributed by atoms with Gasteiger partial charge in [0.1, 0.15) is 17.4 Å². The summed E-state index contributed by atoms with van der Waals surface area (Å²) in [7, 11) is 0. The molecule has 1 aromatic rings. The molecule has 17 heavy (non-hydrogen) atoms. The maximum Gasteiger partial charge on any atom is 0.417 e. The predicted molar refractivity (Wildman–Crippen MR) is 55.9 cm³/mol. The topological polar surface area (TPSA) is 61.1 Å². The van der Waals surface area contributed by atoms with Gasteiger partial charge >= 0.3 is 6.18 Å². The Labute approximate surface area is 103 Å². The minimum Gasteiger partial charge on any atom is -0.507 e. The second-order valence-corrected chi connectivity index (χ2v) is 3.61. The third-order valence-electron chi connectivity index (χ3n) is 2.00. The molecular formula is C10H5BrF3NO2. The van der Waals surface area contributed by atoms with Crippen LogP contribution in [0.1, 0.15) is 21.5 Å². The second-order valence-electron chi connectivity index (χ2n) is 3.05. The number of phenols is 1. The zero-order valence-electron chi connectivity index (χ0n) is 8.18. The lowest BCUT2D eigenvalue weighted by atomic mass is 9.97. The number of carbonyl (C=O) groups is 1. The molecule has 0 saturated carbocycles. The summed E-state index contributed by atoms with van der Waals surface area (Å²) in [6, 6.07) is 2.72. The molecule has 0 aliphatic carbocycles. The lowest BCUT2D eigenvalue weighted by Crippen LogP contribution is -2.15. The van der Waals surface area contributed by atoms with Gasteiger partial charge in [-0.2, -0.15) is 18.4 Å². The van der Waals surface area contributed by atoms with Crippen molar-refractivity contribution in [3.8, 4) is 11.8 Å². The number of nitrogens with zero attached hydrogens (tertiary/aromatic N) is 1. The molecular weight excluding hydrogens is 303 g/mol. The van der Waals surface area contributed by atoms with E-state index in [9.17, 15) is 23.1 Å². The molecule has 1 rings (SSSR count). The number of rotatable bonds is 2. The third-order valence-corrected chi connectivity index (χ3v) is 2.51. The van der Waals surface area contributed by atoms with Gasteiger partial charge in [-0.05, 0) is 12.1 Å². The Morgan fingerprint density at radius 1 is 1.47 bits per heavy atom. The van der Waals surface area contributed by atoms with Crippen LogP contribution in [0.15, 0.2) is 12.1 Å². The number of Topliss-reactive ketones (excluding diaryl/α,β-unsaturated/α-hetero) is 1. The van der Waals surface area contributed by atoms with Gasteiger partial charge in [-0.1, -0.05) is 15.9 Å². The Kier molecular flexibility index (Phi) is 3.78. The number of halogens is 4. The van der Waals surface area contributed by atoms with Crippen LogP contribution in [0.5, 0.6) is 5.75 Å². The average Bonchev–Trinajstić information content (AvgIpc) is 2.25. The molecule has 0 aromatic heterocycles. The van der Waals surface area contributed by atoms with Crippen molar-refractivity contribution < 1.29 is 23.1 Å². The summed E-state index contributed by atoms with van der Waals surface area (Å²) in [6.07, 6.45) is -4.76. The lowest BCUT2D eigenvalue weighted by Gasteiger charge is -2.13. The quantitative estimate of drug-likeness (QED) is 0.675. The van der Waals surface area contributed by atoms with Crippen LogP contribution >= 0.6 is 15.9 Å². The fraction of sp³-hybridized carbons (Fsp3) is 0.200. The lowest BCUT2D eigenvalue weighted by molar-refractivity contribution is -0.137. The molecule has 0 amide bonds. The van der Waals surface area contributed by atoms with Gasteiger partial charge in [0, 0.05) is 0 Å². The monoisotopic (exact) mass is 307 g/mol. The molecule has 0 bridgehead atoms. The van der Waals surface area contributed by atoms with Gasteiger partial charge in [0.05, 0.1) is 16.5 Å².